The van der Waals surface area contributed by atoms with Gasteiger partial charge in [0, 0.05) is 11.1 Å². The molecular weight excluding hydrogens is 327 g/mol. The number of methoxy groups -OCH3 is 1. The quantitative estimate of drug-likeness (QED) is 0.773. The van der Waals surface area contributed by atoms with E-state index < -0.39 is 0 Å². The number of ether oxygens (including phenoxy) is 2. The molecule has 0 saturated heterocycles. The lowest BCUT2D eigenvalue weighted by Crippen LogP contribution is -2.00. The van der Waals surface area contributed by atoms with Gasteiger partial charge in [0.15, 0.2) is 11.5 Å². The number of carbonyl (C=O) groups excluding carboxylic acids is 1. The van der Waals surface area contributed by atoms with Crippen molar-refractivity contribution in [3.8, 4) is 11.5 Å². The number of halogens is 2. The van der Waals surface area contributed by atoms with Crippen LogP contribution in [0.2, 0.25) is 0 Å². The Morgan fingerprint density at radius 2 is 2.05 bits per heavy atom. The van der Waals surface area contributed by atoms with Crippen LogP contribution in [0.5, 0.6) is 11.5 Å². The summed E-state index contributed by atoms with van der Waals surface area (Å²) >= 11 is 3.18. The van der Waals surface area contributed by atoms with Crippen molar-refractivity contribution in [3.05, 3.63) is 57.8 Å². The third kappa shape index (κ3) is 3.17. The molecule has 20 heavy (non-hydrogen) atoms. The van der Waals surface area contributed by atoms with Crippen LogP contribution in [0.1, 0.15) is 15.9 Å². The summed E-state index contributed by atoms with van der Waals surface area (Å²) in [5, 5.41) is 0. The van der Waals surface area contributed by atoms with Crippen LogP contribution < -0.4 is 9.47 Å². The zero-order valence-electron chi connectivity index (χ0n) is 10.7. The zero-order valence-corrected chi connectivity index (χ0v) is 12.3. The number of hydrogen-bond acceptors (Lipinski definition) is 3. The van der Waals surface area contributed by atoms with Crippen LogP contribution in [0.3, 0.4) is 0 Å². The average molecular weight is 339 g/mol. The SMILES string of the molecule is COc1cc(C=O)ccc1OCc1cccc(F)c1Br. The van der Waals surface area contributed by atoms with Gasteiger partial charge < -0.3 is 9.47 Å². The van der Waals surface area contributed by atoms with Gasteiger partial charge in [0.05, 0.1) is 11.6 Å². The topological polar surface area (TPSA) is 35.5 Å². The Hall–Kier alpha value is -1.88. The molecule has 0 radical (unpaired) electrons. The van der Waals surface area contributed by atoms with Crippen LogP contribution in [0.15, 0.2) is 40.9 Å². The normalized spacial score (nSPS) is 10.2. The van der Waals surface area contributed by atoms with Crippen LogP contribution in [-0.2, 0) is 6.61 Å². The lowest BCUT2D eigenvalue weighted by atomic mass is 10.2. The van der Waals surface area contributed by atoms with Crippen molar-refractivity contribution in [1.29, 1.82) is 0 Å². The second-order valence-corrected chi connectivity index (χ2v) is 4.82. The van der Waals surface area contributed by atoms with Gasteiger partial charge in [0.1, 0.15) is 18.7 Å². The summed E-state index contributed by atoms with van der Waals surface area (Å²) in [6, 6.07) is 9.61. The first-order valence-corrected chi connectivity index (χ1v) is 6.64. The highest BCUT2D eigenvalue weighted by molar-refractivity contribution is 9.10. The Bertz CT molecular complexity index is 629. The van der Waals surface area contributed by atoms with Gasteiger partial charge in [-0.25, -0.2) is 4.39 Å². The molecule has 0 heterocycles. The molecule has 104 valence electrons. The van der Waals surface area contributed by atoms with Crippen LogP contribution in [-0.4, -0.2) is 13.4 Å². The molecule has 2 aromatic carbocycles. The molecule has 0 fully saturated rings. The molecule has 0 aromatic heterocycles. The molecule has 0 aliphatic rings. The molecule has 5 heteroatoms. The summed E-state index contributed by atoms with van der Waals surface area (Å²) in [5.41, 5.74) is 1.19. The van der Waals surface area contributed by atoms with Crippen LogP contribution >= 0.6 is 15.9 Å². The smallest absolute Gasteiger partial charge is 0.161 e. The Morgan fingerprint density at radius 3 is 2.75 bits per heavy atom. The Labute approximate surface area is 124 Å². The van der Waals surface area contributed by atoms with Crippen LogP contribution in [0, 0.1) is 5.82 Å². The fourth-order valence-electron chi connectivity index (χ4n) is 1.69. The molecule has 0 amide bonds. The summed E-state index contributed by atoms with van der Waals surface area (Å²) in [5.74, 6) is 0.616. The fourth-order valence-corrected chi connectivity index (χ4v) is 2.07. The molecule has 0 bridgehead atoms. The number of hydrogen-bond donors (Lipinski definition) is 0. The highest BCUT2D eigenvalue weighted by Crippen LogP contribution is 2.29. The van der Waals surface area contributed by atoms with Gasteiger partial charge in [0.2, 0.25) is 0 Å². The summed E-state index contributed by atoms with van der Waals surface area (Å²) < 4.78 is 24.5. The highest BCUT2D eigenvalue weighted by Gasteiger charge is 2.09. The zero-order chi connectivity index (χ0) is 14.5. The third-order valence-corrected chi connectivity index (χ3v) is 3.63. The maximum Gasteiger partial charge on any atom is 0.161 e. The molecule has 2 rings (SSSR count). The van der Waals surface area contributed by atoms with Crippen molar-refractivity contribution < 1.29 is 18.7 Å². The first-order chi connectivity index (χ1) is 9.65. The average Bonchev–Trinajstić information content (AvgIpc) is 2.48. The molecule has 0 spiro atoms. The van der Waals surface area contributed by atoms with Crippen molar-refractivity contribution in [2.24, 2.45) is 0 Å². The maximum atomic E-state index is 13.4. The van der Waals surface area contributed by atoms with E-state index in [9.17, 15) is 9.18 Å². The Kier molecular flexibility index (Phi) is 4.74. The lowest BCUT2D eigenvalue weighted by molar-refractivity contribution is 0.112. The molecule has 0 N–H and O–H groups in total. The monoisotopic (exact) mass is 338 g/mol. The number of rotatable bonds is 5. The van der Waals surface area contributed by atoms with Gasteiger partial charge in [0.25, 0.3) is 0 Å². The summed E-state index contributed by atoms with van der Waals surface area (Å²) in [7, 11) is 1.49. The predicted octanol–water partition coefficient (Wildman–Crippen LogP) is 3.99. The largest absolute Gasteiger partial charge is 0.493 e. The summed E-state index contributed by atoms with van der Waals surface area (Å²) in [6.45, 7) is 0.190. The maximum absolute atomic E-state index is 13.4. The van der Waals surface area contributed by atoms with Gasteiger partial charge in [-0.05, 0) is 40.2 Å². The Morgan fingerprint density at radius 1 is 1.25 bits per heavy atom. The predicted molar refractivity (Wildman–Crippen MR) is 76.8 cm³/mol. The molecule has 0 unspecified atom stereocenters. The van der Waals surface area contributed by atoms with E-state index in [0.29, 0.717) is 27.1 Å². The van der Waals surface area contributed by atoms with Crippen LogP contribution in [0.25, 0.3) is 0 Å². The summed E-state index contributed by atoms with van der Waals surface area (Å²) in [4.78, 5) is 10.7. The van der Waals surface area contributed by atoms with Gasteiger partial charge in [-0.2, -0.15) is 0 Å². The Balaban J connectivity index is 2.18. The molecule has 0 aliphatic carbocycles. The minimum atomic E-state index is -0.339. The number of carbonyl (C=O) groups is 1. The third-order valence-electron chi connectivity index (χ3n) is 2.74. The van der Waals surface area contributed by atoms with E-state index in [-0.39, 0.29) is 12.4 Å². The van der Waals surface area contributed by atoms with E-state index in [1.807, 2.05) is 0 Å². The van der Waals surface area contributed by atoms with E-state index in [1.54, 1.807) is 30.3 Å². The van der Waals surface area contributed by atoms with Crippen molar-refractivity contribution in [1.82, 2.24) is 0 Å². The minimum Gasteiger partial charge on any atom is -0.493 e. The second-order valence-electron chi connectivity index (χ2n) is 4.03. The van der Waals surface area contributed by atoms with E-state index in [1.165, 1.54) is 13.2 Å². The van der Waals surface area contributed by atoms with Crippen molar-refractivity contribution >= 4 is 22.2 Å². The molecule has 0 aliphatic heterocycles. The van der Waals surface area contributed by atoms with Gasteiger partial charge in [-0.1, -0.05) is 12.1 Å². The number of aldehydes is 1. The summed E-state index contributed by atoms with van der Waals surface area (Å²) in [6.07, 6.45) is 0.732. The van der Waals surface area contributed by atoms with E-state index >= 15 is 0 Å². The standard InChI is InChI=1S/C15H12BrFO3/c1-19-14-7-10(8-18)5-6-13(14)20-9-11-3-2-4-12(17)15(11)16/h2-8H,9H2,1H3. The molecular formula is C15H12BrFO3. The van der Waals surface area contributed by atoms with Gasteiger partial charge in [-0.15, -0.1) is 0 Å². The van der Waals surface area contributed by atoms with Crippen LogP contribution in [0.4, 0.5) is 4.39 Å². The molecule has 0 saturated carbocycles. The first kappa shape index (κ1) is 14.5. The fraction of sp³-hybridized carbons (Fsp3) is 0.133. The van der Waals surface area contributed by atoms with E-state index in [2.05, 4.69) is 15.9 Å². The number of benzene rings is 2. The second kappa shape index (κ2) is 6.52. The van der Waals surface area contributed by atoms with E-state index in [4.69, 9.17) is 9.47 Å². The highest BCUT2D eigenvalue weighted by atomic mass is 79.9. The van der Waals surface area contributed by atoms with Crippen molar-refractivity contribution in [2.75, 3.05) is 7.11 Å². The minimum absolute atomic E-state index is 0.190. The first-order valence-electron chi connectivity index (χ1n) is 5.84. The van der Waals surface area contributed by atoms with Gasteiger partial charge >= 0.3 is 0 Å². The van der Waals surface area contributed by atoms with Crippen molar-refractivity contribution in [3.63, 3.8) is 0 Å². The van der Waals surface area contributed by atoms with Gasteiger partial charge in [-0.3, -0.25) is 4.79 Å². The van der Waals surface area contributed by atoms with E-state index in [0.717, 1.165) is 6.29 Å². The molecule has 3 nitrogen and oxygen atoms in total. The lowest BCUT2D eigenvalue weighted by Gasteiger charge is -2.12. The molecule has 2 aromatic rings. The molecule has 0 atom stereocenters. The van der Waals surface area contributed by atoms with Crippen molar-refractivity contribution in [2.45, 2.75) is 6.61 Å².